The maximum atomic E-state index is 13.1. The zero-order chi connectivity index (χ0) is 11.3. The first-order valence-electron chi connectivity index (χ1n) is 5.62. The molecule has 1 N–H and O–H groups in total. The average Bonchev–Trinajstić information content (AvgIpc) is 2.24. The smallest absolute Gasteiger partial charge is 0.123 e. The third-order valence-corrected chi connectivity index (χ3v) is 2.81. The molecule has 1 unspecified atom stereocenters. The summed E-state index contributed by atoms with van der Waals surface area (Å²) in [6, 6.07) is 5.29. The summed E-state index contributed by atoms with van der Waals surface area (Å²) in [5.74, 6) is -0.146. The van der Waals surface area contributed by atoms with Gasteiger partial charge in [0.1, 0.15) is 5.82 Å². The fraction of sp³-hybridized carbons (Fsp3) is 0.538. The first kappa shape index (κ1) is 12.2. The molecule has 1 aromatic carbocycles. The summed E-state index contributed by atoms with van der Waals surface area (Å²) in [7, 11) is 1.94. The van der Waals surface area contributed by atoms with Gasteiger partial charge in [0.15, 0.2) is 0 Å². The van der Waals surface area contributed by atoms with Crippen molar-refractivity contribution in [3.63, 3.8) is 0 Å². The second-order valence-corrected chi connectivity index (χ2v) is 3.98. The normalized spacial score (nSPS) is 12.8. The average molecular weight is 209 g/mol. The van der Waals surface area contributed by atoms with Gasteiger partial charge in [-0.25, -0.2) is 4.39 Å². The maximum Gasteiger partial charge on any atom is 0.123 e. The predicted octanol–water partition coefficient (Wildman–Crippen LogP) is 3.58. The zero-order valence-electron chi connectivity index (χ0n) is 9.81. The van der Waals surface area contributed by atoms with Crippen LogP contribution in [-0.4, -0.2) is 7.05 Å². The number of hydrogen-bond donors (Lipinski definition) is 1. The first-order chi connectivity index (χ1) is 7.19. The summed E-state index contributed by atoms with van der Waals surface area (Å²) in [5, 5.41) is 3.25. The maximum absolute atomic E-state index is 13.1. The van der Waals surface area contributed by atoms with Gasteiger partial charge in [-0.15, -0.1) is 0 Å². The van der Waals surface area contributed by atoms with Gasteiger partial charge in [-0.1, -0.05) is 25.8 Å². The van der Waals surface area contributed by atoms with Gasteiger partial charge in [-0.3, -0.25) is 0 Å². The highest BCUT2D eigenvalue weighted by Crippen LogP contribution is 2.23. The van der Waals surface area contributed by atoms with E-state index >= 15 is 0 Å². The fourth-order valence-electron chi connectivity index (χ4n) is 1.85. The van der Waals surface area contributed by atoms with Crippen molar-refractivity contribution < 1.29 is 4.39 Å². The summed E-state index contributed by atoms with van der Waals surface area (Å²) in [6.07, 6.45) is 3.41. The van der Waals surface area contributed by atoms with Gasteiger partial charge in [-0.2, -0.15) is 0 Å². The van der Waals surface area contributed by atoms with Gasteiger partial charge < -0.3 is 5.32 Å². The van der Waals surface area contributed by atoms with Crippen molar-refractivity contribution in [3.05, 3.63) is 35.1 Å². The number of hydrogen-bond acceptors (Lipinski definition) is 1. The molecular weight excluding hydrogens is 189 g/mol. The highest BCUT2D eigenvalue weighted by Gasteiger charge is 2.11. The molecule has 0 saturated carbocycles. The van der Waals surface area contributed by atoms with Crippen LogP contribution in [0.2, 0.25) is 0 Å². The van der Waals surface area contributed by atoms with E-state index in [0.717, 1.165) is 17.5 Å². The number of unbranched alkanes of at least 4 members (excludes halogenated alkanes) is 1. The molecule has 0 radical (unpaired) electrons. The largest absolute Gasteiger partial charge is 0.313 e. The van der Waals surface area contributed by atoms with E-state index in [-0.39, 0.29) is 11.9 Å². The molecule has 0 spiro atoms. The van der Waals surface area contributed by atoms with Gasteiger partial charge >= 0.3 is 0 Å². The molecule has 2 heteroatoms. The minimum atomic E-state index is -0.146. The summed E-state index contributed by atoms with van der Waals surface area (Å²) < 4.78 is 13.1. The molecule has 0 heterocycles. The van der Waals surface area contributed by atoms with Crippen LogP contribution in [0.3, 0.4) is 0 Å². The first-order valence-corrected chi connectivity index (χ1v) is 5.62. The Kier molecular flexibility index (Phi) is 4.76. The SMILES string of the molecule is CCCCC(NC)c1cc(F)ccc1C. The van der Waals surface area contributed by atoms with E-state index in [2.05, 4.69) is 12.2 Å². The monoisotopic (exact) mass is 209 g/mol. The third-order valence-electron chi connectivity index (χ3n) is 2.81. The fourth-order valence-corrected chi connectivity index (χ4v) is 1.85. The molecule has 0 aromatic heterocycles. The summed E-state index contributed by atoms with van der Waals surface area (Å²) in [4.78, 5) is 0. The lowest BCUT2D eigenvalue weighted by atomic mass is 9.97. The predicted molar refractivity (Wildman–Crippen MR) is 62.5 cm³/mol. The second-order valence-electron chi connectivity index (χ2n) is 3.98. The molecule has 1 rings (SSSR count). The van der Waals surface area contributed by atoms with Gasteiger partial charge in [0.05, 0.1) is 0 Å². The number of rotatable bonds is 5. The van der Waals surface area contributed by atoms with Crippen LogP contribution >= 0.6 is 0 Å². The van der Waals surface area contributed by atoms with E-state index < -0.39 is 0 Å². The van der Waals surface area contributed by atoms with E-state index in [0.29, 0.717) is 0 Å². The second kappa shape index (κ2) is 5.86. The van der Waals surface area contributed by atoms with Crippen LogP contribution < -0.4 is 5.32 Å². The van der Waals surface area contributed by atoms with Crippen LogP contribution in [0.15, 0.2) is 18.2 Å². The van der Waals surface area contributed by atoms with Crippen molar-refractivity contribution >= 4 is 0 Å². The molecule has 0 aliphatic heterocycles. The van der Waals surface area contributed by atoms with Crippen LogP contribution in [0.4, 0.5) is 4.39 Å². The van der Waals surface area contributed by atoms with Crippen molar-refractivity contribution in [1.29, 1.82) is 0 Å². The molecule has 0 aliphatic rings. The number of aryl methyl sites for hydroxylation is 1. The van der Waals surface area contributed by atoms with Crippen molar-refractivity contribution in [2.75, 3.05) is 7.05 Å². The van der Waals surface area contributed by atoms with Crippen molar-refractivity contribution in [2.24, 2.45) is 0 Å². The molecule has 0 fully saturated rings. The Morgan fingerprint density at radius 1 is 1.40 bits per heavy atom. The molecule has 1 atom stereocenters. The van der Waals surface area contributed by atoms with E-state index in [9.17, 15) is 4.39 Å². The zero-order valence-corrected chi connectivity index (χ0v) is 9.81. The number of benzene rings is 1. The van der Waals surface area contributed by atoms with E-state index in [1.165, 1.54) is 18.9 Å². The van der Waals surface area contributed by atoms with Gasteiger partial charge in [0.25, 0.3) is 0 Å². The van der Waals surface area contributed by atoms with Crippen molar-refractivity contribution in [1.82, 2.24) is 5.32 Å². The number of nitrogens with one attached hydrogen (secondary N) is 1. The topological polar surface area (TPSA) is 12.0 Å². The lowest BCUT2D eigenvalue weighted by molar-refractivity contribution is 0.516. The van der Waals surface area contributed by atoms with Crippen LogP contribution in [0, 0.1) is 12.7 Å². The molecule has 1 aromatic rings. The molecule has 0 amide bonds. The van der Waals surface area contributed by atoms with E-state index in [1.54, 1.807) is 6.07 Å². The van der Waals surface area contributed by atoms with E-state index in [4.69, 9.17) is 0 Å². The van der Waals surface area contributed by atoms with Crippen LogP contribution in [-0.2, 0) is 0 Å². The molecule has 0 bridgehead atoms. The minimum Gasteiger partial charge on any atom is -0.313 e. The Hall–Kier alpha value is -0.890. The molecule has 15 heavy (non-hydrogen) atoms. The Bertz CT molecular complexity index is 309. The Labute approximate surface area is 91.7 Å². The van der Waals surface area contributed by atoms with Crippen molar-refractivity contribution in [2.45, 2.75) is 39.2 Å². The number of halogens is 1. The Balaban J connectivity index is 2.85. The molecule has 84 valence electrons. The van der Waals surface area contributed by atoms with Crippen LogP contribution in [0.1, 0.15) is 43.4 Å². The summed E-state index contributed by atoms with van der Waals surface area (Å²) in [5.41, 5.74) is 2.25. The summed E-state index contributed by atoms with van der Waals surface area (Å²) in [6.45, 7) is 4.20. The van der Waals surface area contributed by atoms with Gasteiger partial charge in [-0.05, 0) is 43.7 Å². The molecule has 1 nitrogen and oxygen atoms in total. The van der Waals surface area contributed by atoms with Crippen LogP contribution in [0.5, 0.6) is 0 Å². The van der Waals surface area contributed by atoms with Gasteiger partial charge in [0, 0.05) is 6.04 Å². The molecule has 0 saturated heterocycles. The highest BCUT2D eigenvalue weighted by molar-refractivity contribution is 5.29. The lowest BCUT2D eigenvalue weighted by Crippen LogP contribution is -2.17. The van der Waals surface area contributed by atoms with E-state index in [1.807, 2.05) is 20.0 Å². The standard InChI is InChI=1S/C13H20FN/c1-4-5-6-13(15-3)12-9-11(14)8-7-10(12)2/h7-9,13,15H,4-6H2,1-3H3. The minimum absolute atomic E-state index is 0.146. The van der Waals surface area contributed by atoms with Crippen LogP contribution in [0.25, 0.3) is 0 Å². The molecule has 0 aliphatic carbocycles. The summed E-state index contributed by atoms with van der Waals surface area (Å²) >= 11 is 0. The molecular formula is C13H20FN. The Morgan fingerprint density at radius 2 is 2.13 bits per heavy atom. The van der Waals surface area contributed by atoms with Crippen molar-refractivity contribution in [3.8, 4) is 0 Å². The quantitative estimate of drug-likeness (QED) is 0.781. The Morgan fingerprint density at radius 3 is 2.73 bits per heavy atom. The highest BCUT2D eigenvalue weighted by atomic mass is 19.1. The third kappa shape index (κ3) is 3.31. The lowest BCUT2D eigenvalue weighted by Gasteiger charge is -2.18. The van der Waals surface area contributed by atoms with Gasteiger partial charge in [0.2, 0.25) is 0 Å².